The van der Waals surface area contributed by atoms with Crippen LogP contribution in [0.5, 0.6) is 0 Å². The number of para-hydroxylation sites is 1. The molecule has 1 aliphatic rings. The number of carbonyl (C=O) groups is 3. The van der Waals surface area contributed by atoms with E-state index in [9.17, 15) is 14.4 Å². The minimum Gasteiger partial charge on any atom is -0.478 e. The van der Waals surface area contributed by atoms with Gasteiger partial charge in [0, 0.05) is 25.3 Å². The lowest BCUT2D eigenvalue weighted by atomic mass is 10.1. The van der Waals surface area contributed by atoms with Gasteiger partial charge in [0.2, 0.25) is 5.91 Å². The number of carboxylic acid groups (broad SMARTS) is 1. The highest BCUT2D eigenvalue weighted by Crippen LogP contribution is 2.16. The van der Waals surface area contributed by atoms with Gasteiger partial charge in [0.05, 0.1) is 17.4 Å². The van der Waals surface area contributed by atoms with Crippen molar-refractivity contribution in [3.63, 3.8) is 0 Å². The Morgan fingerprint density at radius 2 is 2.04 bits per heavy atom. The van der Waals surface area contributed by atoms with Crippen molar-refractivity contribution in [2.24, 2.45) is 0 Å². The number of carboxylic acids is 1. The van der Waals surface area contributed by atoms with E-state index in [1.54, 1.807) is 24.3 Å². The number of hydrogen-bond donors (Lipinski definition) is 3. The van der Waals surface area contributed by atoms with Crippen LogP contribution in [0.2, 0.25) is 0 Å². The molecule has 7 heteroatoms. The average Bonchev–Trinajstić information content (AvgIpc) is 3.04. The Labute approximate surface area is 133 Å². The lowest BCUT2D eigenvalue weighted by Crippen LogP contribution is -2.32. The smallest absolute Gasteiger partial charge is 0.328 e. The number of benzene rings is 1. The fraction of sp³-hybridized carbons (Fsp3) is 0.312. The lowest BCUT2D eigenvalue weighted by Gasteiger charge is -2.13. The first kappa shape index (κ1) is 16.7. The second kappa shape index (κ2) is 8.09. The zero-order valence-corrected chi connectivity index (χ0v) is 12.5. The van der Waals surface area contributed by atoms with Crippen LogP contribution in [0.1, 0.15) is 23.2 Å². The first-order valence-electron chi connectivity index (χ1n) is 7.27. The van der Waals surface area contributed by atoms with Crippen molar-refractivity contribution in [2.75, 3.05) is 18.5 Å². The molecule has 1 heterocycles. The van der Waals surface area contributed by atoms with Gasteiger partial charge in [0.25, 0.3) is 5.91 Å². The standard InChI is InChI=1S/C16H18N2O5/c19-14(7-8-15(20)21)18-13-6-2-1-5-12(13)16(22)17-10-11-4-3-9-23-11/h1-2,5-8,11H,3-4,9-10H2,(H,17,22)(H,18,19)(H,20,21). The molecule has 1 fully saturated rings. The normalized spacial score (nSPS) is 17.1. The average molecular weight is 318 g/mol. The lowest BCUT2D eigenvalue weighted by molar-refractivity contribution is -0.131. The van der Waals surface area contributed by atoms with Crippen LogP contribution in [0.25, 0.3) is 0 Å². The molecular weight excluding hydrogens is 300 g/mol. The Morgan fingerprint density at radius 3 is 2.74 bits per heavy atom. The SMILES string of the molecule is O=C(O)C=CC(=O)Nc1ccccc1C(=O)NCC1CCCO1. The van der Waals surface area contributed by atoms with Crippen molar-refractivity contribution in [3.8, 4) is 0 Å². The molecule has 7 nitrogen and oxygen atoms in total. The molecule has 0 radical (unpaired) electrons. The highest BCUT2D eigenvalue weighted by atomic mass is 16.5. The van der Waals surface area contributed by atoms with Crippen molar-refractivity contribution in [3.05, 3.63) is 42.0 Å². The van der Waals surface area contributed by atoms with Gasteiger partial charge >= 0.3 is 5.97 Å². The van der Waals surface area contributed by atoms with Crippen LogP contribution in [0.15, 0.2) is 36.4 Å². The molecule has 1 aliphatic heterocycles. The van der Waals surface area contributed by atoms with Crippen LogP contribution in [-0.4, -0.2) is 42.1 Å². The maximum Gasteiger partial charge on any atom is 0.328 e. The van der Waals surface area contributed by atoms with Gasteiger partial charge in [-0.3, -0.25) is 9.59 Å². The van der Waals surface area contributed by atoms with E-state index >= 15 is 0 Å². The Morgan fingerprint density at radius 1 is 1.26 bits per heavy atom. The van der Waals surface area contributed by atoms with Crippen LogP contribution in [-0.2, 0) is 14.3 Å². The van der Waals surface area contributed by atoms with Crippen molar-refractivity contribution >= 4 is 23.5 Å². The predicted molar refractivity (Wildman–Crippen MR) is 83.2 cm³/mol. The summed E-state index contributed by atoms with van der Waals surface area (Å²) < 4.78 is 5.44. The van der Waals surface area contributed by atoms with E-state index in [4.69, 9.17) is 9.84 Å². The highest BCUT2D eigenvalue weighted by Gasteiger charge is 2.18. The number of hydrogen-bond acceptors (Lipinski definition) is 4. The maximum atomic E-state index is 12.2. The van der Waals surface area contributed by atoms with Crippen LogP contribution in [0, 0.1) is 0 Å². The van der Waals surface area contributed by atoms with Crippen molar-refractivity contribution in [2.45, 2.75) is 18.9 Å². The number of carbonyl (C=O) groups excluding carboxylic acids is 2. The van der Waals surface area contributed by atoms with E-state index in [0.717, 1.165) is 25.0 Å². The number of nitrogens with one attached hydrogen (secondary N) is 2. The van der Waals surface area contributed by atoms with E-state index in [-0.39, 0.29) is 12.0 Å². The van der Waals surface area contributed by atoms with Gasteiger partial charge in [-0.15, -0.1) is 0 Å². The second-order valence-corrected chi connectivity index (χ2v) is 5.05. The summed E-state index contributed by atoms with van der Waals surface area (Å²) in [4.78, 5) is 34.3. The number of anilines is 1. The summed E-state index contributed by atoms with van der Waals surface area (Å²) in [6.45, 7) is 1.13. The van der Waals surface area contributed by atoms with E-state index in [1.165, 1.54) is 0 Å². The van der Waals surface area contributed by atoms with E-state index < -0.39 is 11.9 Å². The topological polar surface area (TPSA) is 105 Å². The maximum absolute atomic E-state index is 12.2. The summed E-state index contributed by atoms with van der Waals surface area (Å²) in [6, 6.07) is 6.52. The molecule has 1 aromatic carbocycles. The molecule has 0 aliphatic carbocycles. The zero-order chi connectivity index (χ0) is 16.7. The summed E-state index contributed by atoms with van der Waals surface area (Å²) in [6.07, 6.45) is 3.56. The number of rotatable bonds is 6. The number of aliphatic carboxylic acids is 1. The Kier molecular flexibility index (Phi) is 5.87. The van der Waals surface area contributed by atoms with Crippen LogP contribution in [0.4, 0.5) is 5.69 Å². The molecule has 0 bridgehead atoms. The monoisotopic (exact) mass is 318 g/mol. The predicted octanol–water partition coefficient (Wildman–Crippen LogP) is 1.17. The van der Waals surface area contributed by atoms with Gasteiger partial charge in [0.1, 0.15) is 0 Å². The third-order valence-electron chi connectivity index (χ3n) is 3.32. The largest absolute Gasteiger partial charge is 0.478 e. The van der Waals surface area contributed by atoms with Gasteiger partial charge in [-0.1, -0.05) is 12.1 Å². The fourth-order valence-corrected chi connectivity index (χ4v) is 2.22. The molecule has 1 unspecified atom stereocenters. The van der Waals surface area contributed by atoms with E-state index in [1.807, 2.05) is 0 Å². The van der Waals surface area contributed by atoms with Gasteiger partial charge in [-0.25, -0.2) is 4.79 Å². The quantitative estimate of drug-likeness (QED) is 0.683. The van der Waals surface area contributed by atoms with Crippen LogP contribution < -0.4 is 10.6 Å². The summed E-state index contributed by atoms with van der Waals surface area (Å²) in [5.74, 6) is -2.16. The summed E-state index contributed by atoms with van der Waals surface area (Å²) in [5.41, 5.74) is 0.625. The fourth-order valence-electron chi connectivity index (χ4n) is 2.22. The van der Waals surface area contributed by atoms with Crippen molar-refractivity contribution in [1.82, 2.24) is 5.32 Å². The number of amides is 2. The molecule has 0 spiro atoms. The third kappa shape index (κ3) is 5.23. The van der Waals surface area contributed by atoms with Crippen LogP contribution >= 0.6 is 0 Å². The second-order valence-electron chi connectivity index (χ2n) is 5.05. The van der Waals surface area contributed by atoms with Crippen LogP contribution in [0.3, 0.4) is 0 Å². The summed E-state index contributed by atoms with van der Waals surface area (Å²) >= 11 is 0. The Hall–Kier alpha value is -2.67. The molecule has 2 amide bonds. The van der Waals surface area contributed by atoms with Gasteiger partial charge in [-0.05, 0) is 25.0 Å². The highest BCUT2D eigenvalue weighted by molar-refractivity contribution is 6.07. The molecule has 0 saturated carbocycles. The van der Waals surface area contributed by atoms with Crippen molar-refractivity contribution < 1.29 is 24.2 Å². The molecular formula is C16H18N2O5. The molecule has 122 valence electrons. The molecule has 23 heavy (non-hydrogen) atoms. The summed E-state index contributed by atoms with van der Waals surface area (Å²) in [5, 5.41) is 13.8. The molecule has 1 saturated heterocycles. The number of ether oxygens (including phenoxy) is 1. The minimum absolute atomic E-state index is 0.0270. The van der Waals surface area contributed by atoms with E-state index in [0.29, 0.717) is 24.4 Å². The van der Waals surface area contributed by atoms with Crippen molar-refractivity contribution in [1.29, 1.82) is 0 Å². The Balaban J connectivity index is 1.99. The first-order valence-corrected chi connectivity index (χ1v) is 7.27. The van der Waals surface area contributed by atoms with Gasteiger partial charge in [-0.2, -0.15) is 0 Å². The molecule has 1 atom stereocenters. The third-order valence-corrected chi connectivity index (χ3v) is 3.32. The minimum atomic E-state index is -1.22. The van der Waals surface area contributed by atoms with Gasteiger partial charge < -0.3 is 20.5 Å². The molecule has 3 N–H and O–H groups in total. The molecule has 0 aromatic heterocycles. The summed E-state index contributed by atoms with van der Waals surface area (Å²) in [7, 11) is 0. The van der Waals surface area contributed by atoms with E-state index in [2.05, 4.69) is 10.6 Å². The molecule has 1 aromatic rings. The Bertz CT molecular complexity index is 621. The zero-order valence-electron chi connectivity index (χ0n) is 12.5. The molecule has 2 rings (SSSR count). The van der Waals surface area contributed by atoms with Gasteiger partial charge in [0.15, 0.2) is 0 Å². The first-order chi connectivity index (χ1) is 11.1.